The topological polar surface area (TPSA) is 0 Å². The summed E-state index contributed by atoms with van der Waals surface area (Å²) in [7, 11) is 0. The van der Waals surface area contributed by atoms with Crippen molar-refractivity contribution in [3.63, 3.8) is 0 Å². The van der Waals surface area contributed by atoms with Gasteiger partial charge in [-0.1, -0.05) is 0 Å². The fourth-order valence-electron chi connectivity index (χ4n) is 0. The van der Waals surface area contributed by atoms with Crippen molar-refractivity contribution in [1.29, 1.82) is 0 Å². The van der Waals surface area contributed by atoms with E-state index in [9.17, 15) is 0 Å². The van der Waals surface area contributed by atoms with Gasteiger partial charge >= 0.3 is 0 Å². The lowest BCUT2D eigenvalue weighted by Gasteiger charge is -0.154. The van der Waals surface area contributed by atoms with E-state index < -0.39 is 0 Å². The monoisotopic (exact) mass is 648 g/mol. The average Bonchev–Trinajstić information content (AvgIpc) is 0. The van der Waals surface area contributed by atoms with Crippen LogP contribution in [-0.2, 0) is 0 Å². The van der Waals surface area contributed by atoms with Crippen molar-refractivity contribution >= 4 is 167 Å². The number of hydrogen-bond donors (Lipinski definition) is 0. The Morgan fingerprint density at radius 3 is 0.250 bits per heavy atom. The number of rotatable bonds is 0. The summed E-state index contributed by atoms with van der Waals surface area (Å²) in [6.07, 6.45) is 0. The molecule has 12 heavy (non-hydrogen) atoms. The highest BCUT2D eigenvalue weighted by molar-refractivity contribution is 8.93. The second-order valence-electron chi connectivity index (χ2n) is 0. The lowest BCUT2D eigenvalue weighted by molar-refractivity contribution is 5.85. The van der Waals surface area contributed by atoms with E-state index in [2.05, 4.69) is 0 Å². The molecule has 0 aliphatic heterocycles. The van der Waals surface area contributed by atoms with Gasteiger partial charge in [0.25, 0.3) is 0 Å². The predicted molar refractivity (Wildman–Crippen MR) is 110 cm³/mol. The Labute approximate surface area is 164 Å². The second kappa shape index (κ2) is 153. The Kier molecular flexibility index (Phi) is 2370. The van der Waals surface area contributed by atoms with Crippen molar-refractivity contribution in [3.05, 3.63) is 0 Å². The molecule has 0 aromatic heterocycles. The summed E-state index contributed by atoms with van der Waals surface area (Å²) < 4.78 is 0. The van der Waals surface area contributed by atoms with E-state index in [0.29, 0.717) is 0 Å². The molecule has 0 amide bonds. The molecule has 0 heterocycles. The maximum atomic E-state index is 0. The Balaban J connectivity index is 0. The summed E-state index contributed by atoms with van der Waals surface area (Å²) in [5.41, 5.74) is 0. The number of hydrogen-bond acceptors (Lipinski definition) is 0. The first kappa shape index (κ1) is 186. The molecule has 2 unspecified atom stereocenters. The molecule has 0 aromatic carbocycles. The quantitative estimate of drug-likeness (QED) is 0.319. The molecule has 2 atom stereocenters. The molecule has 0 saturated carbocycles. The molecule has 0 fully saturated rings. The molecule has 12 heteroatoms. The van der Waals surface area contributed by atoms with Gasteiger partial charge in [-0.15, -0.1) is 147 Å². The molecule has 0 N–H and O–H groups in total. The van der Waals surface area contributed by atoms with Gasteiger partial charge in [0.15, 0.2) is 0 Å². The van der Waals surface area contributed by atoms with E-state index in [4.69, 9.17) is 0 Å². The van der Waals surface area contributed by atoms with Crippen LogP contribution in [0.1, 0.15) is 0 Å². The summed E-state index contributed by atoms with van der Waals surface area (Å²) in [5, 5.41) is 0. The Morgan fingerprint density at radius 2 is 0.250 bits per heavy atom. The van der Waals surface area contributed by atoms with Crippen LogP contribution in [0.3, 0.4) is 0 Å². The molecule has 0 bridgehead atoms. The average molecular weight is 655 g/mol. The third kappa shape index (κ3) is 125. The minimum Gasteiger partial charge on any atom is -0.153 e. The van der Waals surface area contributed by atoms with E-state index in [1.807, 2.05) is 0 Å². The largest absolute Gasteiger partial charge is 0.153 e. The molecular weight excluding hydrogens is 639 g/mol. The molecular formula is H16Br5Cl5P2. The van der Waals surface area contributed by atoms with Gasteiger partial charge in [-0.3, -0.25) is 0 Å². The number of halogens is 10. The molecule has 0 aromatic rings. The Bertz CT molecular complexity index is 17.8. The molecule has 0 radical (unpaired) electrons. The zero-order valence-electron chi connectivity index (χ0n) is 5.50. The van der Waals surface area contributed by atoms with Crippen LogP contribution in [0, 0.1) is 0 Å². The summed E-state index contributed by atoms with van der Waals surface area (Å²) in [6.45, 7) is 0. The van der Waals surface area contributed by atoms with Crippen LogP contribution in [0.2, 0.25) is 0 Å². The fraction of sp³-hybridized carbons (Fsp3) is 0. The highest BCUT2D eigenvalue weighted by Crippen LogP contribution is 0.863. The smallest absolute Gasteiger partial charge is 0.114 e. The molecule has 0 rings (SSSR count). The van der Waals surface area contributed by atoms with Gasteiger partial charge in [0, 0.05) is 0 Å². The van der Waals surface area contributed by atoms with Crippen LogP contribution < -0.4 is 0 Å². The zero-order chi connectivity index (χ0) is 0. The molecule has 0 spiro atoms. The standard InChI is InChI=1S/5BrH.5ClH.2H3P/h10*1H;2*1H3. The predicted octanol–water partition coefficient (Wildman–Crippen LogP) is 5.11. The molecule has 0 aliphatic rings. The van der Waals surface area contributed by atoms with Crippen molar-refractivity contribution in [3.8, 4) is 0 Å². The molecule has 0 aliphatic carbocycles. The van der Waals surface area contributed by atoms with Crippen LogP contribution in [0.15, 0.2) is 0 Å². The van der Waals surface area contributed by atoms with Crippen LogP contribution in [0.25, 0.3) is 0 Å². The zero-order valence-corrected chi connectivity index (χ0v) is 21.0. The van der Waals surface area contributed by atoms with Crippen LogP contribution >= 0.6 is 167 Å². The summed E-state index contributed by atoms with van der Waals surface area (Å²) in [4.78, 5) is 0. The first-order chi connectivity index (χ1) is 0. The normalized spacial score (nSPS) is 0. The first-order valence-electron chi connectivity index (χ1n) is 0. The second-order valence-corrected chi connectivity index (χ2v) is 0. The van der Waals surface area contributed by atoms with Gasteiger partial charge in [0.1, 0.15) is 0 Å². The van der Waals surface area contributed by atoms with Crippen molar-refractivity contribution in [2.24, 2.45) is 0 Å². The maximum Gasteiger partial charge on any atom is -0.114 e. The third-order valence-corrected chi connectivity index (χ3v) is 0. The highest BCUT2D eigenvalue weighted by atomic mass is 79.9. The van der Waals surface area contributed by atoms with E-state index >= 15 is 0 Å². The lowest BCUT2D eigenvalue weighted by Crippen LogP contribution is 0.689. The summed E-state index contributed by atoms with van der Waals surface area (Å²) in [6, 6.07) is 0. The van der Waals surface area contributed by atoms with Crippen LogP contribution in [0.4, 0.5) is 0 Å². The Morgan fingerprint density at radius 1 is 0.250 bits per heavy atom. The van der Waals surface area contributed by atoms with Crippen molar-refractivity contribution < 1.29 is 0 Å². The third-order valence-electron chi connectivity index (χ3n) is 0. The maximum absolute atomic E-state index is 0. The first-order valence-corrected chi connectivity index (χ1v) is 0. The molecule has 0 saturated heterocycles. The fourth-order valence-corrected chi connectivity index (χ4v) is 0. The summed E-state index contributed by atoms with van der Waals surface area (Å²) in [5.74, 6) is 0. The SMILES string of the molecule is Br.Br.Br.Br.Br.Cl.Cl.Cl.Cl.Cl.P.P. The lowest BCUT2D eigenvalue weighted by atomic mass is 31.0. The van der Waals surface area contributed by atoms with E-state index in [1.54, 1.807) is 0 Å². The minimum absolute atomic E-state index is 0. The van der Waals surface area contributed by atoms with Gasteiger partial charge in [0.05, 0.1) is 0 Å². The van der Waals surface area contributed by atoms with Gasteiger partial charge < -0.3 is 0 Å². The molecule has 96 valence electrons. The van der Waals surface area contributed by atoms with Gasteiger partial charge in [-0.2, -0.15) is 19.8 Å². The van der Waals surface area contributed by atoms with Crippen LogP contribution in [0.5, 0.6) is 0 Å². The molecule has 0 nitrogen and oxygen atoms in total. The van der Waals surface area contributed by atoms with E-state index in [1.165, 1.54) is 0 Å². The van der Waals surface area contributed by atoms with Gasteiger partial charge in [-0.05, 0) is 0 Å². The van der Waals surface area contributed by atoms with Gasteiger partial charge in [0.2, 0.25) is 0 Å². The van der Waals surface area contributed by atoms with Crippen molar-refractivity contribution in [2.75, 3.05) is 0 Å². The summed E-state index contributed by atoms with van der Waals surface area (Å²) >= 11 is 0. The van der Waals surface area contributed by atoms with Crippen LogP contribution in [-0.4, -0.2) is 0 Å². The van der Waals surface area contributed by atoms with Crippen molar-refractivity contribution in [2.45, 2.75) is 0 Å². The minimum atomic E-state index is 0. The Hall–Kier alpha value is 4.71. The van der Waals surface area contributed by atoms with Crippen molar-refractivity contribution in [1.82, 2.24) is 0 Å². The van der Waals surface area contributed by atoms with E-state index in [0.717, 1.165) is 0 Å². The highest BCUT2D eigenvalue weighted by Gasteiger charge is -0.109. The van der Waals surface area contributed by atoms with E-state index in [-0.39, 0.29) is 167 Å². The van der Waals surface area contributed by atoms with Gasteiger partial charge in [-0.25, -0.2) is 0 Å².